The van der Waals surface area contributed by atoms with Gasteiger partial charge in [0.05, 0.1) is 10.0 Å². The monoisotopic (exact) mass is 316 g/mol. The molecule has 1 aromatic carbocycles. The number of benzene rings is 1. The van der Waals surface area contributed by atoms with Gasteiger partial charge in [0, 0.05) is 12.1 Å². The summed E-state index contributed by atoms with van der Waals surface area (Å²) in [7, 11) is 2.17. The van der Waals surface area contributed by atoms with E-state index < -0.39 is 0 Å². The summed E-state index contributed by atoms with van der Waals surface area (Å²) < 4.78 is 0. The van der Waals surface area contributed by atoms with E-state index in [1.807, 2.05) is 12.1 Å². The van der Waals surface area contributed by atoms with Crippen LogP contribution in [0.4, 0.5) is 0 Å². The van der Waals surface area contributed by atoms with Gasteiger partial charge in [0.25, 0.3) is 0 Å². The Morgan fingerprint density at radius 3 is 2.45 bits per heavy atom. The summed E-state index contributed by atoms with van der Waals surface area (Å²) in [5, 5.41) is 4.84. The van der Waals surface area contributed by atoms with Crippen LogP contribution in [0.1, 0.15) is 45.2 Å². The van der Waals surface area contributed by atoms with Gasteiger partial charge in [0.1, 0.15) is 0 Å². The molecule has 2 nitrogen and oxygen atoms in total. The van der Waals surface area contributed by atoms with E-state index in [1.165, 1.54) is 5.56 Å². The van der Waals surface area contributed by atoms with Gasteiger partial charge in [-0.1, -0.05) is 36.2 Å². The standard InChI is InChI=1S/C16H26Cl2N2/c1-5-16(13-7-8-14(17)15(18)11-13)19-9-6-10-20(4)12(2)3/h7-8,11-12,16,19H,5-6,9-10H2,1-4H3. The smallest absolute Gasteiger partial charge is 0.0595 e. The maximum Gasteiger partial charge on any atom is 0.0595 e. The van der Waals surface area contributed by atoms with Gasteiger partial charge in [-0.25, -0.2) is 0 Å². The van der Waals surface area contributed by atoms with Crippen molar-refractivity contribution >= 4 is 23.2 Å². The molecular weight excluding hydrogens is 291 g/mol. The van der Waals surface area contributed by atoms with Crippen LogP contribution in [-0.2, 0) is 0 Å². The second-order valence-electron chi connectivity index (χ2n) is 5.52. The largest absolute Gasteiger partial charge is 0.310 e. The SMILES string of the molecule is CCC(NCCCN(C)C(C)C)c1ccc(Cl)c(Cl)c1. The fourth-order valence-electron chi connectivity index (χ4n) is 2.09. The molecule has 20 heavy (non-hydrogen) atoms. The predicted octanol–water partition coefficient (Wildman–Crippen LogP) is 4.76. The molecule has 4 heteroatoms. The molecule has 0 aliphatic rings. The maximum atomic E-state index is 6.09. The van der Waals surface area contributed by atoms with Crippen LogP contribution in [0.2, 0.25) is 10.0 Å². The molecule has 0 bridgehead atoms. The van der Waals surface area contributed by atoms with Crippen molar-refractivity contribution in [2.45, 2.75) is 45.7 Å². The maximum absolute atomic E-state index is 6.09. The third-order valence-corrected chi connectivity index (χ3v) is 4.45. The highest BCUT2D eigenvalue weighted by molar-refractivity contribution is 6.42. The van der Waals surface area contributed by atoms with E-state index in [2.05, 4.69) is 44.1 Å². The molecule has 0 radical (unpaired) electrons. The predicted molar refractivity (Wildman–Crippen MR) is 89.9 cm³/mol. The lowest BCUT2D eigenvalue weighted by molar-refractivity contribution is 0.267. The minimum absolute atomic E-state index is 0.342. The van der Waals surface area contributed by atoms with E-state index in [1.54, 1.807) is 0 Å². The summed E-state index contributed by atoms with van der Waals surface area (Å²) in [6, 6.07) is 6.83. The molecule has 1 N–H and O–H groups in total. The zero-order chi connectivity index (χ0) is 15.1. The third-order valence-electron chi connectivity index (χ3n) is 3.71. The van der Waals surface area contributed by atoms with Crippen molar-refractivity contribution in [1.82, 2.24) is 10.2 Å². The van der Waals surface area contributed by atoms with Crippen molar-refractivity contribution in [1.29, 1.82) is 0 Å². The van der Waals surface area contributed by atoms with Gasteiger partial charge in [-0.2, -0.15) is 0 Å². The van der Waals surface area contributed by atoms with E-state index in [9.17, 15) is 0 Å². The number of hydrogen-bond donors (Lipinski definition) is 1. The zero-order valence-corrected chi connectivity index (χ0v) is 14.4. The Hall–Kier alpha value is -0.280. The molecule has 0 amide bonds. The molecule has 1 unspecified atom stereocenters. The fraction of sp³-hybridized carbons (Fsp3) is 0.625. The van der Waals surface area contributed by atoms with Gasteiger partial charge in [0.15, 0.2) is 0 Å². The van der Waals surface area contributed by atoms with Gasteiger partial charge >= 0.3 is 0 Å². The lowest BCUT2D eigenvalue weighted by atomic mass is 10.0. The molecule has 1 atom stereocenters. The molecule has 1 aromatic rings. The van der Waals surface area contributed by atoms with Crippen molar-refractivity contribution in [2.75, 3.05) is 20.1 Å². The van der Waals surface area contributed by atoms with Crippen molar-refractivity contribution in [3.63, 3.8) is 0 Å². The number of rotatable bonds is 8. The molecule has 0 aliphatic heterocycles. The Kier molecular flexibility index (Phi) is 7.90. The normalized spacial score (nSPS) is 13.2. The Labute approximate surface area is 133 Å². The summed E-state index contributed by atoms with van der Waals surface area (Å²) in [6.07, 6.45) is 2.19. The Morgan fingerprint density at radius 2 is 1.90 bits per heavy atom. The van der Waals surface area contributed by atoms with E-state index in [0.29, 0.717) is 22.1 Å². The molecule has 0 saturated heterocycles. The average molecular weight is 317 g/mol. The quantitative estimate of drug-likeness (QED) is 0.695. The first-order valence-electron chi connectivity index (χ1n) is 7.34. The Bertz CT molecular complexity index is 407. The summed E-state index contributed by atoms with van der Waals surface area (Å²) in [6.45, 7) is 8.74. The molecule has 0 saturated carbocycles. The molecule has 0 fully saturated rings. The van der Waals surface area contributed by atoms with Crippen LogP contribution in [0.5, 0.6) is 0 Å². The molecule has 114 valence electrons. The van der Waals surface area contributed by atoms with Crippen LogP contribution in [0.15, 0.2) is 18.2 Å². The molecular formula is C16H26Cl2N2. The van der Waals surface area contributed by atoms with Gasteiger partial charge in [-0.15, -0.1) is 0 Å². The molecule has 0 spiro atoms. The average Bonchev–Trinajstić information content (AvgIpc) is 2.42. The second-order valence-corrected chi connectivity index (χ2v) is 6.33. The first-order chi connectivity index (χ1) is 9.45. The zero-order valence-electron chi connectivity index (χ0n) is 12.9. The summed E-state index contributed by atoms with van der Waals surface area (Å²) in [5.41, 5.74) is 1.21. The lowest BCUT2D eigenvalue weighted by Crippen LogP contribution is -2.30. The van der Waals surface area contributed by atoms with Crippen LogP contribution in [0, 0.1) is 0 Å². The minimum atomic E-state index is 0.342. The Balaban J connectivity index is 2.45. The van der Waals surface area contributed by atoms with Crippen LogP contribution in [0.25, 0.3) is 0 Å². The third kappa shape index (κ3) is 5.61. The summed E-state index contributed by atoms with van der Waals surface area (Å²) in [4.78, 5) is 2.36. The van der Waals surface area contributed by atoms with Gasteiger partial charge in [-0.05, 0) is 64.5 Å². The van der Waals surface area contributed by atoms with Gasteiger partial charge < -0.3 is 10.2 Å². The minimum Gasteiger partial charge on any atom is -0.310 e. The molecule has 0 heterocycles. The van der Waals surface area contributed by atoms with Crippen molar-refractivity contribution < 1.29 is 0 Å². The van der Waals surface area contributed by atoms with Crippen molar-refractivity contribution in [2.24, 2.45) is 0 Å². The molecule has 0 aliphatic carbocycles. The Morgan fingerprint density at radius 1 is 1.20 bits per heavy atom. The highest BCUT2D eigenvalue weighted by atomic mass is 35.5. The topological polar surface area (TPSA) is 15.3 Å². The first-order valence-corrected chi connectivity index (χ1v) is 8.09. The highest BCUT2D eigenvalue weighted by Gasteiger charge is 2.10. The van der Waals surface area contributed by atoms with Crippen molar-refractivity contribution in [3.05, 3.63) is 33.8 Å². The lowest BCUT2D eigenvalue weighted by Gasteiger charge is -2.22. The van der Waals surface area contributed by atoms with E-state index >= 15 is 0 Å². The van der Waals surface area contributed by atoms with E-state index in [4.69, 9.17) is 23.2 Å². The van der Waals surface area contributed by atoms with E-state index in [0.717, 1.165) is 25.9 Å². The number of halogens is 2. The number of nitrogens with one attached hydrogen (secondary N) is 1. The second kappa shape index (κ2) is 8.89. The molecule has 1 rings (SSSR count). The molecule has 0 aromatic heterocycles. The summed E-state index contributed by atoms with van der Waals surface area (Å²) in [5.74, 6) is 0. The van der Waals surface area contributed by atoms with Crippen molar-refractivity contribution in [3.8, 4) is 0 Å². The van der Waals surface area contributed by atoms with Crippen LogP contribution in [0.3, 0.4) is 0 Å². The highest BCUT2D eigenvalue weighted by Crippen LogP contribution is 2.26. The fourth-order valence-corrected chi connectivity index (χ4v) is 2.40. The van der Waals surface area contributed by atoms with Crippen LogP contribution >= 0.6 is 23.2 Å². The first kappa shape index (κ1) is 17.8. The number of hydrogen-bond acceptors (Lipinski definition) is 2. The van der Waals surface area contributed by atoms with Gasteiger partial charge in [-0.3, -0.25) is 0 Å². The van der Waals surface area contributed by atoms with Gasteiger partial charge in [0.2, 0.25) is 0 Å². The van der Waals surface area contributed by atoms with Crippen LogP contribution < -0.4 is 5.32 Å². The van der Waals surface area contributed by atoms with Crippen LogP contribution in [-0.4, -0.2) is 31.1 Å². The summed E-state index contributed by atoms with van der Waals surface area (Å²) >= 11 is 12.0. The number of nitrogens with zero attached hydrogens (tertiary/aromatic N) is 1. The van der Waals surface area contributed by atoms with E-state index in [-0.39, 0.29) is 0 Å².